The van der Waals surface area contributed by atoms with Crippen LogP contribution in [0.15, 0.2) is 61.2 Å². The minimum atomic E-state index is 0.496. The highest BCUT2D eigenvalue weighted by molar-refractivity contribution is 5.24. The Bertz CT molecular complexity index is 506. The van der Waals surface area contributed by atoms with Crippen LogP contribution in [0.4, 0.5) is 0 Å². The maximum Gasteiger partial charge on any atom is 0.0319 e. The van der Waals surface area contributed by atoms with Crippen LogP contribution >= 0.6 is 0 Å². The molecule has 1 aromatic rings. The van der Waals surface area contributed by atoms with Crippen molar-refractivity contribution in [1.82, 2.24) is 5.32 Å². The minimum Gasteiger partial charge on any atom is -0.313 e. The minimum absolute atomic E-state index is 0.496. The predicted octanol–water partition coefficient (Wildman–Crippen LogP) is 8.44. The Kier molecular flexibility index (Phi) is 20.6. The second kappa shape index (κ2) is 20.1. The highest BCUT2D eigenvalue weighted by Gasteiger charge is 2.10. The van der Waals surface area contributed by atoms with E-state index in [9.17, 15) is 0 Å². The third-order valence-corrected chi connectivity index (χ3v) is 4.18. The lowest BCUT2D eigenvalue weighted by atomic mass is 9.96. The summed E-state index contributed by atoms with van der Waals surface area (Å²) in [7, 11) is 2.03. The zero-order chi connectivity index (χ0) is 21.8. The maximum atomic E-state index is 3.60. The molecule has 28 heavy (non-hydrogen) atoms. The van der Waals surface area contributed by atoms with Gasteiger partial charge in [-0.1, -0.05) is 115 Å². The number of aryl methyl sites for hydroxylation is 1. The van der Waals surface area contributed by atoms with Crippen LogP contribution in [0.25, 0.3) is 0 Å². The molecule has 0 fully saturated rings. The molecule has 0 bridgehead atoms. The first-order valence-corrected chi connectivity index (χ1v) is 11.1. The van der Waals surface area contributed by atoms with Gasteiger partial charge in [-0.2, -0.15) is 0 Å². The number of nitrogens with one attached hydrogen (secondary N) is 1. The molecule has 0 aromatic heterocycles. The van der Waals surface area contributed by atoms with Crippen LogP contribution in [0.1, 0.15) is 84.4 Å². The molecule has 0 aliphatic heterocycles. The molecule has 1 atom stereocenters. The molecule has 0 amide bonds. The van der Waals surface area contributed by atoms with Gasteiger partial charge < -0.3 is 5.32 Å². The Labute approximate surface area is 177 Å². The smallest absolute Gasteiger partial charge is 0.0319 e. The summed E-state index contributed by atoms with van der Waals surface area (Å²) in [5, 5.41) is 3.37. The van der Waals surface area contributed by atoms with Crippen molar-refractivity contribution in [3.05, 3.63) is 72.4 Å². The van der Waals surface area contributed by atoms with E-state index in [0.717, 1.165) is 11.8 Å². The van der Waals surface area contributed by atoms with Crippen molar-refractivity contribution in [2.24, 2.45) is 11.8 Å². The average molecular weight is 386 g/mol. The summed E-state index contributed by atoms with van der Waals surface area (Å²) < 4.78 is 0. The van der Waals surface area contributed by atoms with Crippen LogP contribution in [0, 0.1) is 18.8 Å². The fourth-order valence-electron chi connectivity index (χ4n) is 2.65. The summed E-state index contributed by atoms with van der Waals surface area (Å²) >= 11 is 0. The molecule has 160 valence electrons. The molecule has 0 aliphatic carbocycles. The lowest BCUT2D eigenvalue weighted by molar-refractivity contribution is 0.457. The first-order valence-electron chi connectivity index (χ1n) is 11.1. The Balaban J connectivity index is 0. The first kappa shape index (κ1) is 28.6. The predicted molar refractivity (Wildman–Crippen MR) is 131 cm³/mol. The zero-order valence-electron chi connectivity index (χ0n) is 20.0. The van der Waals surface area contributed by atoms with E-state index in [0.29, 0.717) is 6.04 Å². The molecule has 1 aromatic carbocycles. The van der Waals surface area contributed by atoms with Crippen LogP contribution < -0.4 is 5.32 Å². The largest absolute Gasteiger partial charge is 0.313 e. The summed E-state index contributed by atoms with van der Waals surface area (Å²) in [5.74, 6) is 1.57. The van der Waals surface area contributed by atoms with Gasteiger partial charge in [0.25, 0.3) is 0 Å². The third-order valence-electron chi connectivity index (χ3n) is 4.18. The highest BCUT2D eigenvalue weighted by Crippen LogP contribution is 2.20. The van der Waals surface area contributed by atoms with Crippen LogP contribution in [0.5, 0.6) is 0 Å². The fourth-order valence-corrected chi connectivity index (χ4v) is 2.65. The Morgan fingerprint density at radius 1 is 0.929 bits per heavy atom. The topological polar surface area (TPSA) is 12.0 Å². The molecule has 1 heteroatoms. The monoisotopic (exact) mass is 385 g/mol. The normalized spacial score (nSPS) is 11.9. The number of allylic oxidation sites excluding steroid dienone is 5. The maximum absolute atomic E-state index is 3.60. The zero-order valence-corrected chi connectivity index (χ0v) is 20.0. The van der Waals surface area contributed by atoms with Gasteiger partial charge in [0.05, 0.1) is 0 Å². The number of hydrogen-bond acceptors (Lipinski definition) is 1. The van der Waals surface area contributed by atoms with Gasteiger partial charge in [0.1, 0.15) is 0 Å². The molecular weight excluding hydrogens is 338 g/mol. The molecule has 0 heterocycles. The lowest BCUT2D eigenvalue weighted by Gasteiger charge is -2.18. The van der Waals surface area contributed by atoms with Crippen LogP contribution in [-0.4, -0.2) is 7.05 Å². The summed E-state index contributed by atoms with van der Waals surface area (Å²) in [6.07, 6.45) is 15.1. The van der Waals surface area contributed by atoms with E-state index >= 15 is 0 Å². The van der Waals surface area contributed by atoms with Crippen molar-refractivity contribution in [1.29, 1.82) is 0 Å². The van der Waals surface area contributed by atoms with E-state index in [2.05, 4.69) is 82.9 Å². The summed E-state index contributed by atoms with van der Waals surface area (Å²) in [6, 6.07) is 9.30. The quantitative estimate of drug-likeness (QED) is 0.315. The number of unbranched alkanes of at least 4 members (excludes halogenated alkanes) is 1. The van der Waals surface area contributed by atoms with E-state index in [4.69, 9.17) is 0 Å². The molecule has 0 saturated heterocycles. The number of benzene rings is 1. The van der Waals surface area contributed by atoms with Crippen molar-refractivity contribution in [2.75, 3.05) is 7.05 Å². The second-order valence-electron chi connectivity index (χ2n) is 7.75. The SMILES string of the molecule is C=C/C=C\C=C/CCCC(C)C.CC.CNC(CC(C)C)c1ccc(C)cc1. The van der Waals surface area contributed by atoms with Crippen LogP contribution in [0.3, 0.4) is 0 Å². The van der Waals surface area contributed by atoms with Crippen molar-refractivity contribution < 1.29 is 0 Å². The van der Waals surface area contributed by atoms with Crippen molar-refractivity contribution in [3.8, 4) is 0 Å². The van der Waals surface area contributed by atoms with Gasteiger partial charge in [-0.05, 0) is 50.6 Å². The van der Waals surface area contributed by atoms with E-state index in [-0.39, 0.29) is 0 Å². The summed E-state index contributed by atoms with van der Waals surface area (Å²) in [4.78, 5) is 0. The molecule has 0 spiro atoms. The molecule has 1 unspecified atom stereocenters. The number of hydrogen-bond donors (Lipinski definition) is 1. The van der Waals surface area contributed by atoms with Gasteiger partial charge in [0.2, 0.25) is 0 Å². The fraction of sp³-hybridized carbons (Fsp3) is 0.556. The molecule has 1 N–H and O–H groups in total. The highest BCUT2D eigenvalue weighted by atomic mass is 14.9. The molecule has 1 rings (SSSR count). The molecule has 1 nitrogen and oxygen atoms in total. The van der Waals surface area contributed by atoms with Crippen molar-refractivity contribution in [2.45, 2.75) is 80.2 Å². The van der Waals surface area contributed by atoms with Crippen molar-refractivity contribution >= 4 is 0 Å². The molecule has 0 aliphatic rings. The second-order valence-corrected chi connectivity index (χ2v) is 7.75. The van der Waals surface area contributed by atoms with E-state index < -0.39 is 0 Å². The standard InChI is InChI=1S/C13H21N.C12H20.C2H6/c1-10(2)9-13(14-4)12-7-5-11(3)6-8-12;1-4-5-6-7-8-9-10-11-12(2)3;1-2/h5-8,10,13-14H,9H2,1-4H3;4-8,12H,1,9-11H2,2-3H3;1-2H3/b;6-5-,8-7-;. The van der Waals surface area contributed by atoms with Gasteiger partial charge in [0, 0.05) is 6.04 Å². The van der Waals surface area contributed by atoms with Crippen LogP contribution in [0.2, 0.25) is 0 Å². The number of rotatable bonds is 10. The molecule has 0 saturated carbocycles. The van der Waals surface area contributed by atoms with E-state index in [1.165, 1.54) is 36.8 Å². The Morgan fingerprint density at radius 3 is 2.00 bits per heavy atom. The van der Waals surface area contributed by atoms with Crippen LogP contribution in [-0.2, 0) is 0 Å². The van der Waals surface area contributed by atoms with Gasteiger partial charge >= 0.3 is 0 Å². The first-order chi connectivity index (χ1) is 13.4. The van der Waals surface area contributed by atoms with Gasteiger partial charge in [-0.25, -0.2) is 0 Å². The third kappa shape index (κ3) is 17.8. The molecular formula is C27H47N. The van der Waals surface area contributed by atoms with Gasteiger partial charge in [0.15, 0.2) is 0 Å². The Morgan fingerprint density at radius 2 is 1.54 bits per heavy atom. The Hall–Kier alpha value is -1.60. The lowest BCUT2D eigenvalue weighted by Crippen LogP contribution is -2.18. The molecule has 0 radical (unpaired) electrons. The van der Waals surface area contributed by atoms with E-state index in [1.807, 2.05) is 33.0 Å². The van der Waals surface area contributed by atoms with Gasteiger partial charge in [-0.15, -0.1) is 0 Å². The average Bonchev–Trinajstić information content (AvgIpc) is 2.68. The summed E-state index contributed by atoms with van der Waals surface area (Å²) in [6.45, 7) is 18.8. The van der Waals surface area contributed by atoms with E-state index in [1.54, 1.807) is 6.08 Å². The summed E-state index contributed by atoms with van der Waals surface area (Å²) in [5.41, 5.74) is 2.72. The van der Waals surface area contributed by atoms with Gasteiger partial charge in [-0.3, -0.25) is 0 Å². The van der Waals surface area contributed by atoms with Crippen molar-refractivity contribution in [3.63, 3.8) is 0 Å².